The van der Waals surface area contributed by atoms with Gasteiger partial charge in [-0.15, -0.1) is 6.42 Å². The summed E-state index contributed by atoms with van der Waals surface area (Å²) in [6.45, 7) is 1.50. The van der Waals surface area contributed by atoms with Gasteiger partial charge >= 0.3 is 0 Å². The number of carbonyl (C=O) groups is 2. The first-order valence-electron chi connectivity index (χ1n) is 3.10. The average Bonchev–Trinajstić information content (AvgIpc) is 1.87. The summed E-state index contributed by atoms with van der Waals surface area (Å²) in [5, 5.41) is 2.32. The third-order valence-corrected chi connectivity index (χ3v) is 1.07. The Hall–Kier alpha value is -1.50. The summed E-state index contributed by atoms with van der Waals surface area (Å²) in [5.41, 5.74) is 4.88. The van der Waals surface area contributed by atoms with Gasteiger partial charge in [-0.3, -0.25) is 9.59 Å². The third-order valence-electron chi connectivity index (χ3n) is 1.07. The topological polar surface area (TPSA) is 72.2 Å². The minimum atomic E-state index is -0.657. The molecule has 0 aliphatic heterocycles. The van der Waals surface area contributed by atoms with Crippen molar-refractivity contribution in [2.24, 2.45) is 5.73 Å². The van der Waals surface area contributed by atoms with Crippen molar-refractivity contribution in [3.63, 3.8) is 0 Å². The highest BCUT2D eigenvalue weighted by Crippen LogP contribution is 1.81. The van der Waals surface area contributed by atoms with Crippen molar-refractivity contribution in [1.82, 2.24) is 5.32 Å². The molecule has 0 bridgehead atoms. The number of primary amides is 1. The second kappa shape index (κ2) is 4.34. The summed E-state index contributed by atoms with van der Waals surface area (Å²) in [7, 11) is 0. The molecule has 4 heteroatoms. The number of nitrogens with one attached hydrogen (secondary N) is 1. The van der Waals surface area contributed by atoms with E-state index in [1.54, 1.807) is 0 Å². The quantitative estimate of drug-likeness (QED) is 0.512. The second-order valence-electron chi connectivity index (χ2n) is 2.07. The molecule has 3 N–H and O–H groups in total. The molecule has 0 fully saturated rings. The number of carbonyl (C=O) groups excluding carboxylic acids is 2. The van der Waals surface area contributed by atoms with E-state index >= 15 is 0 Å². The van der Waals surface area contributed by atoms with Crippen LogP contribution in [0.4, 0.5) is 0 Å². The van der Waals surface area contributed by atoms with Crippen molar-refractivity contribution in [3.05, 3.63) is 0 Å². The van der Waals surface area contributed by atoms with E-state index in [1.165, 1.54) is 6.92 Å². The van der Waals surface area contributed by atoms with E-state index in [2.05, 4.69) is 11.2 Å². The molecule has 2 amide bonds. The van der Waals surface area contributed by atoms with Crippen molar-refractivity contribution >= 4 is 11.8 Å². The maximum absolute atomic E-state index is 10.7. The van der Waals surface area contributed by atoms with Gasteiger partial charge in [0.15, 0.2) is 0 Å². The fourth-order valence-corrected chi connectivity index (χ4v) is 0.456. The molecule has 0 aromatic heterocycles. The summed E-state index contributed by atoms with van der Waals surface area (Å²) in [4.78, 5) is 21.1. The Bertz CT molecular complexity index is 205. The lowest BCUT2D eigenvalue weighted by Crippen LogP contribution is -2.41. The van der Waals surface area contributed by atoms with Gasteiger partial charge < -0.3 is 11.1 Å². The Labute approximate surface area is 65.1 Å². The monoisotopic (exact) mass is 154 g/mol. The molecule has 0 aliphatic carbocycles. The fourth-order valence-electron chi connectivity index (χ4n) is 0.456. The Morgan fingerprint density at radius 3 is 2.64 bits per heavy atom. The predicted octanol–water partition coefficient (Wildman–Crippen LogP) is -1.00. The van der Waals surface area contributed by atoms with E-state index in [1.807, 2.05) is 0 Å². The lowest BCUT2D eigenvalue weighted by atomic mass is 10.3. The zero-order valence-corrected chi connectivity index (χ0v) is 6.26. The smallest absolute Gasteiger partial charge is 0.239 e. The van der Waals surface area contributed by atoms with Crippen molar-refractivity contribution in [3.8, 4) is 12.3 Å². The van der Waals surface area contributed by atoms with Crippen LogP contribution in [0.5, 0.6) is 0 Å². The van der Waals surface area contributed by atoms with Gasteiger partial charge in [-0.05, 0) is 6.92 Å². The normalized spacial score (nSPS) is 11.3. The standard InChI is InChI=1S/C7H10N2O2/c1-3-4-6(10)9-5(2)7(8)11/h1,5H,4H2,2H3,(H2,8,11)(H,9,10)/t5-/m0/s1. The molecule has 0 saturated carbocycles. The number of hydrogen-bond donors (Lipinski definition) is 2. The van der Waals surface area contributed by atoms with Gasteiger partial charge in [0.2, 0.25) is 11.8 Å². The highest BCUT2D eigenvalue weighted by atomic mass is 16.2. The van der Waals surface area contributed by atoms with Gasteiger partial charge in [-0.2, -0.15) is 0 Å². The van der Waals surface area contributed by atoms with E-state index in [0.717, 1.165) is 0 Å². The first kappa shape index (κ1) is 9.50. The molecule has 0 heterocycles. The summed E-state index contributed by atoms with van der Waals surface area (Å²) < 4.78 is 0. The number of amides is 2. The molecule has 1 atom stereocenters. The largest absolute Gasteiger partial charge is 0.368 e. The molecule has 0 unspecified atom stereocenters. The van der Waals surface area contributed by atoms with E-state index in [-0.39, 0.29) is 12.3 Å². The van der Waals surface area contributed by atoms with Crippen LogP contribution in [0.15, 0.2) is 0 Å². The number of hydrogen-bond acceptors (Lipinski definition) is 2. The Kier molecular flexibility index (Phi) is 3.75. The van der Waals surface area contributed by atoms with Crippen molar-refractivity contribution in [2.45, 2.75) is 19.4 Å². The van der Waals surface area contributed by atoms with E-state index in [4.69, 9.17) is 12.2 Å². The second-order valence-corrected chi connectivity index (χ2v) is 2.07. The minimum Gasteiger partial charge on any atom is -0.368 e. The molecule has 0 aromatic rings. The summed E-state index contributed by atoms with van der Waals surface area (Å²) in [6, 6.07) is -0.657. The Balaban J connectivity index is 3.77. The summed E-state index contributed by atoms with van der Waals surface area (Å²) in [6.07, 6.45) is 4.82. The van der Waals surface area contributed by atoms with Gasteiger partial charge in [0.1, 0.15) is 6.04 Å². The van der Waals surface area contributed by atoms with Crippen molar-refractivity contribution < 1.29 is 9.59 Å². The first-order chi connectivity index (χ1) is 5.07. The molecular weight excluding hydrogens is 144 g/mol. The summed E-state index contributed by atoms with van der Waals surface area (Å²) in [5.74, 6) is 1.21. The lowest BCUT2D eigenvalue weighted by molar-refractivity contribution is -0.126. The molecule has 0 rings (SSSR count). The van der Waals surface area contributed by atoms with Crippen LogP contribution in [0.25, 0.3) is 0 Å². The van der Waals surface area contributed by atoms with Crippen LogP contribution in [-0.4, -0.2) is 17.9 Å². The maximum Gasteiger partial charge on any atom is 0.239 e. The van der Waals surface area contributed by atoms with Crippen LogP contribution in [0.2, 0.25) is 0 Å². The molecular formula is C7H10N2O2. The zero-order valence-electron chi connectivity index (χ0n) is 6.26. The fraction of sp³-hybridized carbons (Fsp3) is 0.429. The van der Waals surface area contributed by atoms with Crippen LogP contribution in [-0.2, 0) is 9.59 Å². The van der Waals surface area contributed by atoms with Crippen molar-refractivity contribution in [1.29, 1.82) is 0 Å². The molecule has 0 radical (unpaired) electrons. The minimum absolute atomic E-state index is 0.0301. The molecule has 60 valence electrons. The van der Waals surface area contributed by atoms with Crippen molar-refractivity contribution in [2.75, 3.05) is 0 Å². The van der Waals surface area contributed by atoms with Gasteiger partial charge in [0.05, 0.1) is 6.42 Å². The Morgan fingerprint density at radius 1 is 1.73 bits per heavy atom. The highest BCUT2D eigenvalue weighted by Gasteiger charge is 2.10. The van der Waals surface area contributed by atoms with Crippen LogP contribution < -0.4 is 11.1 Å². The zero-order chi connectivity index (χ0) is 8.85. The van der Waals surface area contributed by atoms with E-state index < -0.39 is 11.9 Å². The van der Waals surface area contributed by atoms with Gasteiger partial charge in [-0.25, -0.2) is 0 Å². The first-order valence-corrected chi connectivity index (χ1v) is 3.10. The van der Waals surface area contributed by atoms with Gasteiger partial charge in [-0.1, -0.05) is 5.92 Å². The SMILES string of the molecule is C#CCC(=O)N[C@@H](C)C(N)=O. The predicted molar refractivity (Wildman–Crippen MR) is 40.2 cm³/mol. The van der Waals surface area contributed by atoms with Gasteiger partial charge in [0.25, 0.3) is 0 Å². The molecule has 0 aromatic carbocycles. The molecule has 4 nitrogen and oxygen atoms in total. The average molecular weight is 154 g/mol. The van der Waals surface area contributed by atoms with Crippen LogP contribution in [0.1, 0.15) is 13.3 Å². The molecule has 11 heavy (non-hydrogen) atoms. The third kappa shape index (κ3) is 3.98. The van der Waals surface area contributed by atoms with Crippen LogP contribution in [0.3, 0.4) is 0 Å². The molecule has 0 spiro atoms. The number of terminal acetylenes is 1. The highest BCUT2D eigenvalue weighted by molar-refractivity contribution is 5.86. The summed E-state index contributed by atoms with van der Waals surface area (Å²) >= 11 is 0. The lowest BCUT2D eigenvalue weighted by Gasteiger charge is -2.07. The number of rotatable bonds is 3. The van der Waals surface area contributed by atoms with Crippen LogP contribution in [0, 0.1) is 12.3 Å². The molecule has 0 aliphatic rings. The van der Waals surface area contributed by atoms with Gasteiger partial charge in [0, 0.05) is 0 Å². The van der Waals surface area contributed by atoms with E-state index in [9.17, 15) is 9.59 Å². The van der Waals surface area contributed by atoms with E-state index in [0.29, 0.717) is 0 Å². The Morgan fingerprint density at radius 2 is 2.27 bits per heavy atom. The number of nitrogens with two attached hydrogens (primary N) is 1. The molecule has 0 saturated heterocycles. The van der Waals surface area contributed by atoms with Crippen LogP contribution >= 0.6 is 0 Å². The maximum atomic E-state index is 10.7.